The second-order valence-corrected chi connectivity index (χ2v) is 7.79. The molecule has 1 amide bonds. The van der Waals surface area contributed by atoms with E-state index in [2.05, 4.69) is 56.2 Å². The summed E-state index contributed by atoms with van der Waals surface area (Å²) in [5.74, 6) is -0.133. The van der Waals surface area contributed by atoms with E-state index in [0.717, 1.165) is 10.6 Å². The van der Waals surface area contributed by atoms with Crippen molar-refractivity contribution in [1.82, 2.24) is 10.3 Å². The van der Waals surface area contributed by atoms with Crippen LogP contribution in [0.3, 0.4) is 0 Å². The van der Waals surface area contributed by atoms with E-state index in [1.807, 2.05) is 6.07 Å². The van der Waals surface area contributed by atoms with Gasteiger partial charge in [-0.25, -0.2) is 4.98 Å². The molecule has 0 aliphatic rings. The molecule has 3 N–H and O–H groups in total. The van der Waals surface area contributed by atoms with Crippen LogP contribution in [0.25, 0.3) is 0 Å². The van der Waals surface area contributed by atoms with Crippen molar-refractivity contribution in [2.75, 3.05) is 6.54 Å². The van der Waals surface area contributed by atoms with E-state index in [0.29, 0.717) is 18.7 Å². The molecule has 0 aliphatic heterocycles. The number of carbonyl (C=O) groups excluding carboxylic acids is 1. The van der Waals surface area contributed by atoms with Crippen molar-refractivity contribution in [3.8, 4) is 0 Å². The van der Waals surface area contributed by atoms with Gasteiger partial charge in [-0.05, 0) is 24.4 Å². The van der Waals surface area contributed by atoms with E-state index < -0.39 is 0 Å². The van der Waals surface area contributed by atoms with Crippen LogP contribution in [0.5, 0.6) is 0 Å². The highest BCUT2D eigenvalue weighted by Gasteiger charge is 2.28. The van der Waals surface area contributed by atoms with Gasteiger partial charge in [-0.1, -0.05) is 50.6 Å². The van der Waals surface area contributed by atoms with Gasteiger partial charge in [0.05, 0.1) is 11.0 Å². The Morgan fingerprint density at radius 3 is 2.74 bits per heavy atom. The molecule has 0 saturated carbocycles. The lowest BCUT2D eigenvalue weighted by Gasteiger charge is -2.32. The maximum atomic E-state index is 12.6. The van der Waals surface area contributed by atoms with Gasteiger partial charge in [0.2, 0.25) is 0 Å². The topological polar surface area (TPSA) is 68.0 Å². The Morgan fingerprint density at radius 2 is 2.13 bits per heavy atom. The van der Waals surface area contributed by atoms with Gasteiger partial charge >= 0.3 is 0 Å². The van der Waals surface area contributed by atoms with Crippen LogP contribution in [0, 0.1) is 12.3 Å². The normalized spacial score (nSPS) is 12.9. The van der Waals surface area contributed by atoms with Gasteiger partial charge in [-0.2, -0.15) is 0 Å². The molecule has 1 heterocycles. The maximum absolute atomic E-state index is 12.6. The molecule has 0 saturated heterocycles. The Balaban J connectivity index is 2.22. The van der Waals surface area contributed by atoms with Crippen molar-refractivity contribution in [2.45, 2.75) is 40.2 Å². The lowest BCUT2D eigenvalue weighted by Crippen LogP contribution is -2.36. The largest absolute Gasteiger partial charge is 0.343 e. The van der Waals surface area contributed by atoms with Crippen LogP contribution in [0.2, 0.25) is 0 Å². The highest BCUT2D eigenvalue weighted by Crippen LogP contribution is 2.33. The second kappa shape index (κ2) is 7.23. The van der Waals surface area contributed by atoms with E-state index in [1.165, 1.54) is 16.9 Å². The summed E-state index contributed by atoms with van der Waals surface area (Å²) in [4.78, 5) is 17.0. The SMILES string of the molecule is Cc1cccc(C(NC(=O)c2csc(CCN)n2)C(C)(C)C)c1. The van der Waals surface area contributed by atoms with Crippen LogP contribution in [-0.4, -0.2) is 17.4 Å². The number of amides is 1. The Hall–Kier alpha value is -1.72. The van der Waals surface area contributed by atoms with Gasteiger partial charge in [-0.15, -0.1) is 11.3 Å². The van der Waals surface area contributed by atoms with Gasteiger partial charge < -0.3 is 11.1 Å². The number of nitrogens with zero attached hydrogens (tertiary/aromatic N) is 1. The van der Waals surface area contributed by atoms with Crippen molar-refractivity contribution in [1.29, 1.82) is 0 Å². The van der Waals surface area contributed by atoms with Gasteiger partial charge in [-0.3, -0.25) is 4.79 Å². The summed E-state index contributed by atoms with van der Waals surface area (Å²) in [6, 6.07) is 8.19. The lowest BCUT2D eigenvalue weighted by molar-refractivity contribution is 0.0897. The molecule has 0 radical (unpaired) electrons. The average Bonchev–Trinajstić information content (AvgIpc) is 2.92. The van der Waals surface area contributed by atoms with E-state index in [1.54, 1.807) is 5.38 Å². The van der Waals surface area contributed by atoms with Crippen LogP contribution in [0.1, 0.15) is 53.4 Å². The number of hydrogen-bond acceptors (Lipinski definition) is 4. The third-order valence-corrected chi connectivity index (χ3v) is 4.57. The average molecular weight is 331 g/mol. The number of aromatic nitrogens is 1. The molecule has 5 heteroatoms. The molecular formula is C18H25N3OS. The predicted molar refractivity (Wildman–Crippen MR) is 95.7 cm³/mol. The van der Waals surface area contributed by atoms with E-state index >= 15 is 0 Å². The minimum Gasteiger partial charge on any atom is -0.343 e. The number of hydrogen-bond donors (Lipinski definition) is 2. The quantitative estimate of drug-likeness (QED) is 0.881. The Kier molecular flexibility index (Phi) is 5.55. The Bertz CT molecular complexity index is 673. The third-order valence-electron chi connectivity index (χ3n) is 3.66. The summed E-state index contributed by atoms with van der Waals surface area (Å²) in [6.07, 6.45) is 0.707. The zero-order valence-corrected chi connectivity index (χ0v) is 15.0. The third kappa shape index (κ3) is 4.62. The molecule has 0 bridgehead atoms. The summed E-state index contributed by atoms with van der Waals surface area (Å²) in [6.45, 7) is 8.98. The fourth-order valence-corrected chi connectivity index (χ4v) is 3.30. The molecule has 4 nitrogen and oxygen atoms in total. The fourth-order valence-electron chi connectivity index (χ4n) is 2.51. The van der Waals surface area contributed by atoms with Gasteiger partial charge in [0.1, 0.15) is 5.69 Å². The van der Waals surface area contributed by atoms with Crippen molar-refractivity contribution >= 4 is 17.2 Å². The second-order valence-electron chi connectivity index (χ2n) is 6.85. The smallest absolute Gasteiger partial charge is 0.271 e. The molecule has 1 aromatic heterocycles. The number of aryl methyl sites for hydroxylation is 1. The van der Waals surface area contributed by atoms with Crippen LogP contribution in [0.15, 0.2) is 29.6 Å². The highest BCUT2D eigenvalue weighted by molar-refractivity contribution is 7.09. The number of benzene rings is 1. The molecule has 1 unspecified atom stereocenters. The Labute approximate surface area is 142 Å². The van der Waals surface area contributed by atoms with E-state index in [-0.39, 0.29) is 17.4 Å². The number of rotatable bonds is 5. The van der Waals surface area contributed by atoms with Crippen molar-refractivity contribution in [3.05, 3.63) is 51.5 Å². The minimum absolute atomic E-state index is 0.0745. The van der Waals surface area contributed by atoms with E-state index in [4.69, 9.17) is 5.73 Å². The summed E-state index contributed by atoms with van der Waals surface area (Å²) < 4.78 is 0. The molecule has 0 fully saturated rings. The molecule has 0 aliphatic carbocycles. The standard InChI is InChI=1S/C18H25N3OS/c1-12-6-5-7-13(10-12)16(18(2,3)4)21-17(22)14-11-23-15(20-14)8-9-19/h5-7,10-11,16H,8-9,19H2,1-4H3,(H,21,22). The minimum atomic E-state index is -0.133. The van der Waals surface area contributed by atoms with Crippen molar-refractivity contribution in [3.63, 3.8) is 0 Å². The molecule has 2 rings (SSSR count). The van der Waals surface area contributed by atoms with Crippen molar-refractivity contribution in [2.24, 2.45) is 11.1 Å². The van der Waals surface area contributed by atoms with E-state index in [9.17, 15) is 4.79 Å². The summed E-state index contributed by atoms with van der Waals surface area (Å²) >= 11 is 1.48. The van der Waals surface area contributed by atoms with Crippen LogP contribution < -0.4 is 11.1 Å². The van der Waals surface area contributed by atoms with Gasteiger partial charge in [0.25, 0.3) is 5.91 Å². The summed E-state index contributed by atoms with van der Waals surface area (Å²) in [5, 5.41) is 5.85. The zero-order valence-electron chi connectivity index (χ0n) is 14.2. The monoisotopic (exact) mass is 331 g/mol. The summed E-state index contributed by atoms with van der Waals surface area (Å²) in [5.41, 5.74) is 8.21. The molecule has 2 aromatic rings. The number of nitrogens with one attached hydrogen (secondary N) is 1. The first kappa shape index (κ1) is 17.6. The summed E-state index contributed by atoms with van der Waals surface area (Å²) in [7, 11) is 0. The Morgan fingerprint density at radius 1 is 1.39 bits per heavy atom. The van der Waals surface area contributed by atoms with Crippen LogP contribution in [0.4, 0.5) is 0 Å². The number of carbonyl (C=O) groups is 1. The zero-order chi connectivity index (χ0) is 17.0. The molecule has 23 heavy (non-hydrogen) atoms. The first-order valence-electron chi connectivity index (χ1n) is 7.83. The van der Waals surface area contributed by atoms with Crippen molar-refractivity contribution < 1.29 is 4.79 Å². The molecule has 1 atom stereocenters. The van der Waals surface area contributed by atoms with Gasteiger partial charge in [0, 0.05) is 11.8 Å². The first-order chi connectivity index (χ1) is 10.8. The molecule has 0 spiro atoms. The number of thiazole rings is 1. The maximum Gasteiger partial charge on any atom is 0.271 e. The predicted octanol–water partition coefficient (Wildman–Crippen LogP) is 3.47. The highest BCUT2D eigenvalue weighted by atomic mass is 32.1. The first-order valence-corrected chi connectivity index (χ1v) is 8.71. The number of nitrogens with two attached hydrogens (primary N) is 1. The fraction of sp³-hybridized carbons (Fsp3) is 0.444. The lowest BCUT2D eigenvalue weighted by atomic mass is 9.82. The van der Waals surface area contributed by atoms with Crippen LogP contribution in [-0.2, 0) is 6.42 Å². The van der Waals surface area contributed by atoms with Gasteiger partial charge in [0.15, 0.2) is 0 Å². The molecule has 124 valence electrons. The molecule has 1 aromatic carbocycles. The van der Waals surface area contributed by atoms with Crippen LogP contribution >= 0.6 is 11.3 Å². The molecular weight excluding hydrogens is 306 g/mol.